The third-order valence-corrected chi connectivity index (χ3v) is 4.87. The Bertz CT molecular complexity index is 1000. The van der Waals surface area contributed by atoms with Crippen molar-refractivity contribution < 1.29 is 29.0 Å². The van der Waals surface area contributed by atoms with E-state index in [0.717, 1.165) is 23.7 Å². The number of aromatic nitrogens is 1. The summed E-state index contributed by atoms with van der Waals surface area (Å²) in [7, 11) is 2.85. The molecule has 8 heteroatoms. The number of ether oxygens (including phenoxy) is 2. The van der Waals surface area contributed by atoms with Gasteiger partial charge in [-0.2, -0.15) is 0 Å². The van der Waals surface area contributed by atoms with Gasteiger partial charge in [0, 0.05) is 29.1 Å². The lowest BCUT2D eigenvalue weighted by Crippen LogP contribution is -2.30. The molecule has 0 aliphatic carbocycles. The molecule has 1 aliphatic rings. The Morgan fingerprint density at radius 1 is 1.31 bits per heavy atom. The van der Waals surface area contributed by atoms with E-state index < -0.39 is 11.7 Å². The van der Waals surface area contributed by atoms with Crippen molar-refractivity contribution in [3.05, 3.63) is 41.3 Å². The first-order valence-electron chi connectivity index (χ1n) is 9.39. The topological polar surface area (TPSA) is 110 Å². The average Bonchev–Trinajstić information content (AvgIpc) is 3.25. The minimum atomic E-state index is -1.84. The first kappa shape index (κ1) is 20.7. The molecule has 0 saturated carbocycles. The van der Waals surface area contributed by atoms with Crippen molar-refractivity contribution in [2.75, 3.05) is 14.2 Å². The number of amides is 1. The first-order valence-corrected chi connectivity index (χ1v) is 9.39. The minimum absolute atomic E-state index is 0.112. The summed E-state index contributed by atoms with van der Waals surface area (Å²) in [4.78, 5) is 32.0. The molecule has 1 aromatic carbocycles. The number of carbonyl (C=O) groups is 1. The summed E-state index contributed by atoms with van der Waals surface area (Å²) >= 11 is 0. The van der Waals surface area contributed by atoms with Crippen LogP contribution in [-0.4, -0.2) is 41.9 Å². The highest BCUT2D eigenvalue weighted by Gasteiger charge is 2.48. The van der Waals surface area contributed by atoms with Crippen LogP contribution >= 0.6 is 0 Å². The molecule has 1 atom stereocenters. The monoisotopic (exact) mass is 400 g/mol. The Morgan fingerprint density at radius 2 is 2.10 bits per heavy atom. The molecule has 0 spiro atoms. The standard InChI is InChI=1S/C21H24N2O6/c1-4-5-6-9-21(26)19(18(17(12-24)29-21)20(25)23-28-3)16-10-13-7-8-14(27-2)11-15(13)22-16/h7-8,10-11,22,26H,4-6,9H2,1-3H3,(H,23,25). The second-order valence-electron chi connectivity index (χ2n) is 6.80. The van der Waals surface area contributed by atoms with Gasteiger partial charge in [0.25, 0.3) is 5.91 Å². The van der Waals surface area contributed by atoms with Crippen LogP contribution in [0.1, 0.15) is 38.3 Å². The van der Waals surface area contributed by atoms with Gasteiger partial charge in [-0.25, -0.2) is 10.3 Å². The van der Waals surface area contributed by atoms with Crippen molar-refractivity contribution in [2.24, 2.45) is 0 Å². The van der Waals surface area contributed by atoms with Gasteiger partial charge >= 0.3 is 0 Å². The number of hydroxylamine groups is 1. The fourth-order valence-corrected chi connectivity index (χ4v) is 3.52. The number of hydrogen-bond donors (Lipinski definition) is 3. The number of hydrogen-bond acceptors (Lipinski definition) is 6. The second kappa shape index (κ2) is 8.53. The summed E-state index contributed by atoms with van der Waals surface area (Å²) in [5.74, 6) is -0.616. The zero-order valence-corrected chi connectivity index (χ0v) is 16.6. The molecular weight excluding hydrogens is 376 g/mol. The van der Waals surface area contributed by atoms with E-state index in [-0.39, 0.29) is 23.3 Å². The number of fused-ring (bicyclic) bond motifs is 1. The zero-order valence-electron chi connectivity index (χ0n) is 16.6. The van der Waals surface area contributed by atoms with Crippen LogP contribution in [0.5, 0.6) is 5.75 Å². The number of unbranched alkanes of at least 4 members (excludes halogenated alkanes) is 2. The van der Waals surface area contributed by atoms with Gasteiger partial charge in [0.1, 0.15) is 11.3 Å². The number of carbonyl (C=O) groups excluding carboxylic acids is 2. The number of H-pyrrole nitrogens is 1. The highest BCUT2D eigenvalue weighted by Crippen LogP contribution is 2.45. The van der Waals surface area contributed by atoms with Crippen LogP contribution in [0.15, 0.2) is 35.6 Å². The highest BCUT2D eigenvalue weighted by molar-refractivity contribution is 6.09. The number of aromatic amines is 1. The Hall–Kier alpha value is -3.06. The fraction of sp³-hybridized carbons (Fsp3) is 0.381. The van der Waals surface area contributed by atoms with Crippen LogP contribution in [-0.2, 0) is 19.2 Å². The molecule has 0 bridgehead atoms. The summed E-state index contributed by atoms with van der Waals surface area (Å²) < 4.78 is 10.8. The minimum Gasteiger partial charge on any atom is -0.497 e. The van der Waals surface area contributed by atoms with Crippen molar-refractivity contribution in [2.45, 2.75) is 38.4 Å². The van der Waals surface area contributed by atoms with E-state index in [2.05, 4.69) is 10.5 Å². The van der Waals surface area contributed by atoms with Gasteiger partial charge in [-0.3, -0.25) is 9.63 Å². The van der Waals surface area contributed by atoms with Gasteiger partial charge in [-0.15, -0.1) is 0 Å². The van der Waals surface area contributed by atoms with Crippen molar-refractivity contribution in [3.63, 3.8) is 0 Å². The van der Waals surface area contributed by atoms with Crippen molar-refractivity contribution in [1.29, 1.82) is 0 Å². The maximum atomic E-state index is 12.6. The van der Waals surface area contributed by atoms with E-state index in [1.54, 1.807) is 25.2 Å². The lowest BCUT2D eigenvalue weighted by atomic mass is 9.93. The smallest absolute Gasteiger partial charge is 0.280 e. The van der Waals surface area contributed by atoms with Gasteiger partial charge in [0.15, 0.2) is 5.94 Å². The van der Waals surface area contributed by atoms with E-state index >= 15 is 0 Å². The second-order valence-corrected chi connectivity index (χ2v) is 6.80. The third-order valence-electron chi connectivity index (χ3n) is 4.87. The molecule has 0 fully saturated rings. The molecule has 1 aromatic heterocycles. The van der Waals surface area contributed by atoms with E-state index in [9.17, 15) is 14.7 Å². The van der Waals surface area contributed by atoms with E-state index in [4.69, 9.17) is 14.3 Å². The molecule has 3 N–H and O–H groups in total. The Kier molecular flexibility index (Phi) is 6.08. The van der Waals surface area contributed by atoms with E-state index in [1.165, 1.54) is 7.11 Å². The van der Waals surface area contributed by atoms with Crippen LogP contribution in [0.4, 0.5) is 0 Å². The molecule has 0 radical (unpaired) electrons. The Labute approximate surface area is 168 Å². The molecule has 154 valence electrons. The quantitative estimate of drug-likeness (QED) is 0.357. The number of nitrogens with one attached hydrogen (secondary N) is 2. The summed E-state index contributed by atoms with van der Waals surface area (Å²) in [6, 6.07) is 7.25. The average molecular weight is 400 g/mol. The van der Waals surface area contributed by atoms with Crippen LogP contribution in [0.3, 0.4) is 0 Å². The van der Waals surface area contributed by atoms with E-state index in [1.807, 2.05) is 19.1 Å². The number of rotatable bonds is 8. The highest BCUT2D eigenvalue weighted by atomic mass is 16.6. The van der Waals surface area contributed by atoms with Crippen LogP contribution in [0.25, 0.3) is 16.5 Å². The normalized spacial score (nSPS) is 18.7. The Balaban J connectivity index is 2.18. The van der Waals surface area contributed by atoms with Gasteiger partial charge in [-0.1, -0.05) is 19.8 Å². The lowest BCUT2D eigenvalue weighted by molar-refractivity contribution is -0.128. The lowest BCUT2D eigenvalue weighted by Gasteiger charge is -2.25. The first-order chi connectivity index (χ1) is 14.0. The zero-order chi connectivity index (χ0) is 21.0. The molecule has 3 rings (SSSR count). The van der Waals surface area contributed by atoms with Crippen LogP contribution < -0.4 is 10.2 Å². The third kappa shape index (κ3) is 3.91. The van der Waals surface area contributed by atoms with Gasteiger partial charge in [0.05, 0.1) is 19.8 Å². The molecule has 1 unspecified atom stereocenters. The Morgan fingerprint density at radius 3 is 2.76 bits per heavy atom. The molecular formula is C21H24N2O6. The van der Waals surface area contributed by atoms with Gasteiger partial charge in [0.2, 0.25) is 11.5 Å². The predicted molar refractivity (Wildman–Crippen MR) is 106 cm³/mol. The van der Waals surface area contributed by atoms with Crippen molar-refractivity contribution in [1.82, 2.24) is 10.5 Å². The van der Waals surface area contributed by atoms with Crippen LogP contribution in [0, 0.1) is 0 Å². The molecule has 2 aromatic rings. The maximum Gasteiger partial charge on any atom is 0.280 e. The maximum absolute atomic E-state index is 12.6. The van der Waals surface area contributed by atoms with E-state index in [0.29, 0.717) is 17.9 Å². The van der Waals surface area contributed by atoms with Crippen molar-refractivity contribution >= 4 is 28.3 Å². The molecule has 1 amide bonds. The summed E-state index contributed by atoms with van der Waals surface area (Å²) in [6.45, 7) is 2.04. The van der Waals surface area contributed by atoms with Gasteiger partial charge < -0.3 is 19.6 Å². The molecule has 2 heterocycles. The van der Waals surface area contributed by atoms with Crippen molar-refractivity contribution in [3.8, 4) is 5.75 Å². The SMILES string of the molecule is CCCCCC1(O)OC(=C=O)C(C(=O)NOC)=C1c1cc2ccc(OC)cc2[nH]1. The largest absolute Gasteiger partial charge is 0.497 e. The van der Waals surface area contributed by atoms with Gasteiger partial charge in [-0.05, 0) is 24.6 Å². The summed E-state index contributed by atoms with van der Waals surface area (Å²) in [6.07, 6.45) is 2.66. The predicted octanol–water partition coefficient (Wildman–Crippen LogP) is 2.62. The number of methoxy groups -OCH3 is 1. The van der Waals surface area contributed by atoms with Crippen LogP contribution in [0.2, 0.25) is 0 Å². The number of benzene rings is 1. The summed E-state index contributed by atoms with van der Waals surface area (Å²) in [5, 5.41) is 12.1. The number of aliphatic hydroxyl groups is 1. The summed E-state index contributed by atoms with van der Waals surface area (Å²) in [5.41, 5.74) is 3.46. The fourth-order valence-electron chi connectivity index (χ4n) is 3.52. The molecule has 0 saturated heterocycles. The molecule has 1 aliphatic heterocycles. The molecule has 8 nitrogen and oxygen atoms in total. The molecule has 29 heavy (non-hydrogen) atoms.